The van der Waals surface area contributed by atoms with Crippen molar-refractivity contribution < 1.29 is 10.2 Å². The predicted octanol–water partition coefficient (Wildman–Crippen LogP) is -0.955. The highest BCUT2D eigenvalue weighted by molar-refractivity contribution is 4.71. The van der Waals surface area contributed by atoms with Gasteiger partial charge in [-0.25, -0.2) is 0 Å². The fourth-order valence-electron chi connectivity index (χ4n) is 0.920. The van der Waals surface area contributed by atoms with E-state index >= 15 is 0 Å². The fraction of sp³-hybridized carbons (Fsp3) is 1.00. The molecule has 1 atom stereocenters. The van der Waals surface area contributed by atoms with Crippen LogP contribution >= 0.6 is 0 Å². The first-order valence-electron chi connectivity index (χ1n) is 3.34. The molecule has 3 heteroatoms. The van der Waals surface area contributed by atoms with Crippen LogP contribution in [0.5, 0.6) is 0 Å². The van der Waals surface area contributed by atoms with E-state index in [1.165, 1.54) is 6.42 Å². The van der Waals surface area contributed by atoms with Gasteiger partial charge in [0.1, 0.15) is 0 Å². The zero-order chi connectivity index (χ0) is 6.69. The lowest BCUT2D eigenvalue weighted by Gasteiger charge is -2.31. The Balaban J connectivity index is 2.01. The maximum atomic E-state index is 8.90. The van der Waals surface area contributed by atoms with E-state index in [2.05, 4.69) is 4.90 Å². The number of aliphatic hydroxyl groups excluding tert-OH is 2. The van der Waals surface area contributed by atoms with Crippen LogP contribution in [0.25, 0.3) is 0 Å². The van der Waals surface area contributed by atoms with E-state index in [4.69, 9.17) is 10.2 Å². The minimum atomic E-state index is -0.537. The molecule has 1 aliphatic heterocycles. The first-order chi connectivity index (χ1) is 4.33. The van der Waals surface area contributed by atoms with Crippen LogP contribution < -0.4 is 0 Å². The van der Waals surface area contributed by atoms with Crippen molar-refractivity contribution in [3.63, 3.8) is 0 Å². The molecule has 1 rings (SSSR count). The van der Waals surface area contributed by atoms with Gasteiger partial charge in [0.25, 0.3) is 0 Å². The summed E-state index contributed by atoms with van der Waals surface area (Å²) in [5, 5.41) is 17.3. The Morgan fingerprint density at radius 3 is 2.44 bits per heavy atom. The van der Waals surface area contributed by atoms with E-state index < -0.39 is 6.10 Å². The third kappa shape index (κ3) is 1.93. The molecule has 0 amide bonds. The molecule has 0 aliphatic carbocycles. The molecule has 0 saturated carbocycles. The van der Waals surface area contributed by atoms with E-state index in [9.17, 15) is 0 Å². The molecular formula is C6H13NO2. The van der Waals surface area contributed by atoms with Crippen LogP contribution in [0.3, 0.4) is 0 Å². The van der Waals surface area contributed by atoms with Crippen molar-refractivity contribution in [3.8, 4) is 0 Å². The molecule has 54 valence electrons. The Morgan fingerprint density at radius 1 is 1.44 bits per heavy atom. The van der Waals surface area contributed by atoms with Crippen LogP contribution in [-0.2, 0) is 0 Å². The number of aliphatic hydroxyl groups is 2. The summed E-state index contributed by atoms with van der Waals surface area (Å²) < 4.78 is 0. The van der Waals surface area contributed by atoms with E-state index in [0.29, 0.717) is 6.54 Å². The largest absolute Gasteiger partial charge is 0.394 e. The summed E-state index contributed by atoms with van der Waals surface area (Å²) >= 11 is 0. The summed E-state index contributed by atoms with van der Waals surface area (Å²) in [6.45, 7) is 2.68. The Labute approximate surface area is 54.9 Å². The Hall–Kier alpha value is -0.120. The highest BCUT2D eigenvalue weighted by Gasteiger charge is 2.16. The smallest absolute Gasteiger partial charge is 0.0897 e. The molecule has 1 fully saturated rings. The summed E-state index contributed by atoms with van der Waals surface area (Å²) in [6.07, 6.45) is 0.698. The monoisotopic (exact) mass is 131 g/mol. The molecule has 0 aromatic heterocycles. The van der Waals surface area contributed by atoms with Crippen LogP contribution in [0.15, 0.2) is 0 Å². The van der Waals surface area contributed by atoms with E-state index in [0.717, 1.165) is 13.1 Å². The molecule has 3 nitrogen and oxygen atoms in total. The van der Waals surface area contributed by atoms with Crippen LogP contribution in [0, 0.1) is 0 Å². The second kappa shape index (κ2) is 3.15. The number of likely N-dealkylation sites (tertiary alicyclic amines) is 1. The van der Waals surface area contributed by atoms with Crippen molar-refractivity contribution >= 4 is 0 Å². The van der Waals surface area contributed by atoms with Gasteiger partial charge in [-0.1, -0.05) is 0 Å². The number of rotatable bonds is 3. The molecule has 0 spiro atoms. The summed E-state index contributed by atoms with van der Waals surface area (Å²) in [7, 11) is 0. The first-order valence-corrected chi connectivity index (χ1v) is 3.34. The van der Waals surface area contributed by atoms with Crippen molar-refractivity contribution in [2.45, 2.75) is 12.5 Å². The van der Waals surface area contributed by atoms with Gasteiger partial charge in [-0.05, 0) is 19.5 Å². The molecule has 0 radical (unpaired) electrons. The predicted molar refractivity (Wildman–Crippen MR) is 34.1 cm³/mol. The fourth-order valence-corrected chi connectivity index (χ4v) is 0.920. The van der Waals surface area contributed by atoms with Gasteiger partial charge in [-0.3, -0.25) is 0 Å². The Bertz CT molecular complexity index is 80.4. The molecule has 1 aliphatic rings. The van der Waals surface area contributed by atoms with Gasteiger partial charge in [0, 0.05) is 6.54 Å². The first kappa shape index (κ1) is 6.99. The normalized spacial score (nSPS) is 23.3. The second-order valence-corrected chi connectivity index (χ2v) is 2.49. The van der Waals surface area contributed by atoms with Crippen molar-refractivity contribution in [1.82, 2.24) is 4.90 Å². The minimum absolute atomic E-state index is 0.115. The molecule has 0 aromatic carbocycles. The summed E-state index contributed by atoms with van der Waals surface area (Å²) in [6, 6.07) is 0. The van der Waals surface area contributed by atoms with Crippen LogP contribution in [0.2, 0.25) is 0 Å². The third-order valence-electron chi connectivity index (χ3n) is 1.63. The average Bonchev–Trinajstić information content (AvgIpc) is 1.78. The summed E-state index contributed by atoms with van der Waals surface area (Å²) in [5.74, 6) is 0. The van der Waals surface area contributed by atoms with Crippen molar-refractivity contribution in [2.75, 3.05) is 26.2 Å². The Kier molecular flexibility index (Phi) is 2.45. The van der Waals surface area contributed by atoms with Crippen LogP contribution in [-0.4, -0.2) is 47.5 Å². The SMILES string of the molecule is OC[C@H](O)CN1CCC1. The zero-order valence-corrected chi connectivity index (χ0v) is 5.45. The maximum absolute atomic E-state index is 8.90. The summed E-state index contributed by atoms with van der Waals surface area (Å²) in [4.78, 5) is 2.13. The van der Waals surface area contributed by atoms with Gasteiger partial charge in [-0.15, -0.1) is 0 Å². The standard InChI is InChI=1S/C6H13NO2/c8-5-6(9)4-7-2-1-3-7/h6,8-9H,1-5H2/t6-/m1/s1. The molecule has 0 aromatic rings. The Morgan fingerprint density at radius 2 is 2.11 bits per heavy atom. The van der Waals surface area contributed by atoms with Gasteiger partial charge in [0.15, 0.2) is 0 Å². The van der Waals surface area contributed by atoms with Gasteiger partial charge >= 0.3 is 0 Å². The molecule has 2 N–H and O–H groups in total. The lowest BCUT2D eigenvalue weighted by Crippen LogP contribution is -2.43. The van der Waals surface area contributed by atoms with Crippen molar-refractivity contribution in [3.05, 3.63) is 0 Å². The van der Waals surface area contributed by atoms with E-state index in [1.54, 1.807) is 0 Å². The molecule has 9 heavy (non-hydrogen) atoms. The minimum Gasteiger partial charge on any atom is -0.394 e. The van der Waals surface area contributed by atoms with Crippen LogP contribution in [0.1, 0.15) is 6.42 Å². The van der Waals surface area contributed by atoms with Crippen LogP contribution in [0.4, 0.5) is 0 Å². The lowest BCUT2D eigenvalue weighted by atomic mass is 10.2. The molecule has 1 saturated heterocycles. The average molecular weight is 131 g/mol. The van der Waals surface area contributed by atoms with E-state index in [-0.39, 0.29) is 6.61 Å². The number of hydrogen-bond donors (Lipinski definition) is 2. The van der Waals surface area contributed by atoms with E-state index in [1.807, 2.05) is 0 Å². The second-order valence-electron chi connectivity index (χ2n) is 2.49. The number of β-amino-alcohol motifs (C(OH)–C–C–N with tert-alkyl or cyclic N) is 1. The zero-order valence-electron chi connectivity index (χ0n) is 5.45. The molecule has 0 bridgehead atoms. The quantitative estimate of drug-likeness (QED) is 0.519. The molecular weight excluding hydrogens is 118 g/mol. The van der Waals surface area contributed by atoms with Crippen molar-refractivity contribution in [1.29, 1.82) is 0 Å². The maximum Gasteiger partial charge on any atom is 0.0897 e. The number of nitrogens with zero attached hydrogens (tertiary/aromatic N) is 1. The topological polar surface area (TPSA) is 43.7 Å². The highest BCUT2D eigenvalue weighted by Crippen LogP contribution is 2.05. The van der Waals surface area contributed by atoms with Crippen molar-refractivity contribution in [2.24, 2.45) is 0 Å². The van der Waals surface area contributed by atoms with Gasteiger partial charge < -0.3 is 15.1 Å². The van der Waals surface area contributed by atoms with Gasteiger partial charge in [0.05, 0.1) is 12.7 Å². The summed E-state index contributed by atoms with van der Waals surface area (Å²) in [5.41, 5.74) is 0. The van der Waals surface area contributed by atoms with Gasteiger partial charge in [0.2, 0.25) is 0 Å². The highest BCUT2D eigenvalue weighted by atomic mass is 16.3. The molecule has 1 heterocycles. The van der Waals surface area contributed by atoms with Gasteiger partial charge in [-0.2, -0.15) is 0 Å². The third-order valence-corrected chi connectivity index (χ3v) is 1.63. The lowest BCUT2D eigenvalue weighted by molar-refractivity contribution is 0.0394. The number of hydrogen-bond acceptors (Lipinski definition) is 3. The molecule has 0 unspecified atom stereocenters.